The molecule has 2 aliphatic rings. The number of carbonyl (C=O) groups is 2. The van der Waals surface area contributed by atoms with E-state index in [1.54, 1.807) is 25.2 Å². The van der Waals surface area contributed by atoms with Gasteiger partial charge in [0.05, 0.1) is 36.2 Å². The zero-order chi connectivity index (χ0) is 33.5. The van der Waals surface area contributed by atoms with Crippen molar-refractivity contribution in [2.75, 3.05) is 27.3 Å². The largest absolute Gasteiger partial charge is 0.494 e. The number of carbonyl (C=O) groups excluding carboxylic acids is 2. The van der Waals surface area contributed by atoms with E-state index in [1.165, 1.54) is 0 Å². The van der Waals surface area contributed by atoms with Gasteiger partial charge in [-0.2, -0.15) is 0 Å². The number of amides is 2. The van der Waals surface area contributed by atoms with E-state index >= 15 is 0 Å². The second-order valence-corrected chi connectivity index (χ2v) is 13.8. The van der Waals surface area contributed by atoms with Crippen molar-refractivity contribution in [3.8, 4) is 17.3 Å². The lowest BCUT2D eigenvalue weighted by molar-refractivity contribution is -0.130. The van der Waals surface area contributed by atoms with Gasteiger partial charge in [-0.05, 0) is 56.0 Å². The van der Waals surface area contributed by atoms with E-state index in [0.29, 0.717) is 36.3 Å². The van der Waals surface area contributed by atoms with Crippen LogP contribution in [0.25, 0.3) is 33.6 Å². The number of aromatic nitrogens is 4. The highest BCUT2D eigenvalue weighted by molar-refractivity contribution is 6.00. The zero-order valence-corrected chi connectivity index (χ0v) is 28.6. The van der Waals surface area contributed by atoms with Crippen molar-refractivity contribution >= 4 is 33.9 Å². The number of imidazole rings is 1. The number of rotatable bonds is 5. The number of nitrogens with zero attached hydrogens (tertiary/aromatic N) is 5. The molecule has 11 nitrogen and oxygen atoms in total. The van der Waals surface area contributed by atoms with Crippen molar-refractivity contribution in [1.29, 1.82) is 0 Å². The first-order valence-electron chi connectivity index (χ1n) is 17.0. The fourth-order valence-corrected chi connectivity index (χ4v) is 7.23. The number of pyridine rings is 1. The molecule has 2 aliphatic heterocycles. The number of aryl methyl sites for hydroxylation is 2. The predicted molar refractivity (Wildman–Crippen MR) is 183 cm³/mol. The molecule has 3 aromatic heterocycles. The minimum atomic E-state index is -0.422. The molecule has 5 heterocycles. The Balaban J connectivity index is 1.42. The zero-order valence-electron chi connectivity index (χ0n) is 28.6. The number of hydrogen-bond acceptors (Lipinski definition) is 7. The van der Waals surface area contributed by atoms with Crippen molar-refractivity contribution in [3.05, 3.63) is 41.6 Å². The molecule has 4 aromatic rings. The number of piperidine rings is 1. The van der Waals surface area contributed by atoms with Crippen LogP contribution in [0.2, 0.25) is 0 Å². The maximum absolute atomic E-state index is 13.7. The number of fused-ring (bicyclic) bond motifs is 2. The fraction of sp³-hybridized carbons (Fsp3) is 0.556. The van der Waals surface area contributed by atoms with E-state index < -0.39 is 5.41 Å². The molecule has 0 radical (unpaired) electrons. The van der Waals surface area contributed by atoms with Crippen LogP contribution in [0.3, 0.4) is 0 Å². The third-order valence-electron chi connectivity index (χ3n) is 10.2. The number of benzene rings is 1. The van der Waals surface area contributed by atoms with Crippen LogP contribution in [0.4, 0.5) is 0 Å². The Morgan fingerprint density at radius 2 is 1.87 bits per heavy atom. The molecule has 3 N–H and O–H groups in total. The highest BCUT2D eigenvalue weighted by Crippen LogP contribution is 2.36. The number of likely N-dealkylation sites (tertiary alicyclic amines) is 1. The van der Waals surface area contributed by atoms with Gasteiger partial charge in [0, 0.05) is 56.2 Å². The maximum atomic E-state index is 13.7. The van der Waals surface area contributed by atoms with Crippen molar-refractivity contribution < 1.29 is 19.1 Å². The first-order chi connectivity index (χ1) is 22.6. The summed E-state index contributed by atoms with van der Waals surface area (Å²) in [6.45, 7) is 7.97. The van der Waals surface area contributed by atoms with Gasteiger partial charge in [-0.1, -0.05) is 40.0 Å². The molecule has 2 amide bonds. The molecule has 6 rings (SSSR count). The van der Waals surface area contributed by atoms with Gasteiger partial charge in [0.1, 0.15) is 16.9 Å². The molecule has 0 aliphatic carbocycles. The normalized spacial score (nSPS) is 22.4. The van der Waals surface area contributed by atoms with Crippen LogP contribution in [0.1, 0.15) is 87.8 Å². The monoisotopic (exact) mass is 643 g/mol. The first-order valence-corrected chi connectivity index (χ1v) is 17.0. The lowest BCUT2D eigenvalue weighted by Crippen LogP contribution is -2.53. The average Bonchev–Trinajstić information content (AvgIpc) is 3.60. The van der Waals surface area contributed by atoms with E-state index in [9.17, 15) is 9.59 Å². The molecule has 1 unspecified atom stereocenters. The summed E-state index contributed by atoms with van der Waals surface area (Å²) in [5.41, 5.74) is 10.6. The smallest absolute Gasteiger partial charge is 0.254 e. The molecule has 1 fully saturated rings. The van der Waals surface area contributed by atoms with Gasteiger partial charge in [0.25, 0.3) is 5.91 Å². The summed E-state index contributed by atoms with van der Waals surface area (Å²) in [5.74, 6) is 1.34. The average molecular weight is 644 g/mol. The number of nitrogens with one attached hydrogen (secondary N) is 1. The van der Waals surface area contributed by atoms with Crippen LogP contribution in [0.5, 0.6) is 5.75 Å². The molecule has 0 spiro atoms. The summed E-state index contributed by atoms with van der Waals surface area (Å²) in [5, 5.41) is 4.31. The van der Waals surface area contributed by atoms with Gasteiger partial charge >= 0.3 is 0 Å². The molecule has 2 bridgehead atoms. The Bertz CT molecular complexity index is 1790. The van der Waals surface area contributed by atoms with E-state index in [4.69, 9.17) is 25.2 Å². The van der Waals surface area contributed by atoms with E-state index in [1.807, 2.05) is 37.6 Å². The predicted octanol–water partition coefficient (Wildman–Crippen LogP) is 5.34. The highest BCUT2D eigenvalue weighted by Gasteiger charge is 2.32. The minimum absolute atomic E-state index is 0.0534. The molecular weight excluding hydrogens is 594 g/mol. The topological polar surface area (TPSA) is 130 Å². The molecular formula is C36H49N7O4. The number of nitrogens with two attached hydrogens (primary N) is 1. The maximum Gasteiger partial charge on any atom is 0.254 e. The third kappa shape index (κ3) is 6.23. The van der Waals surface area contributed by atoms with Gasteiger partial charge in [-0.15, -0.1) is 0 Å². The lowest BCUT2D eigenvalue weighted by Gasteiger charge is -2.36. The van der Waals surface area contributed by atoms with Gasteiger partial charge < -0.3 is 34.6 Å². The quantitative estimate of drug-likeness (QED) is 0.300. The summed E-state index contributed by atoms with van der Waals surface area (Å²) in [6, 6.07) is 9.52. The number of methoxy groups -OCH3 is 2. The van der Waals surface area contributed by atoms with Crippen LogP contribution < -0.4 is 15.8 Å². The second-order valence-electron chi connectivity index (χ2n) is 13.8. The van der Waals surface area contributed by atoms with Crippen molar-refractivity contribution in [2.24, 2.45) is 18.2 Å². The second kappa shape index (κ2) is 13.3. The number of hydrogen-bond donors (Lipinski definition) is 2. The van der Waals surface area contributed by atoms with Crippen LogP contribution >= 0.6 is 0 Å². The molecule has 1 saturated heterocycles. The third-order valence-corrected chi connectivity index (χ3v) is 10.2. The number of ether oxygens (including phenoxy) is 2. The Morgan fingerprint density at radius 1 is 1.09 bits per heavy atom. The van der Waals surface area contributed by atoms with E-state index in [2.05, 4.69) is 28.9 Å². The SMILES string of the molecule is CCC1NC(=O)C(C)(C)CCCCCCn2c(-c3nc4cc(C(=O)N5CC[C@@H](OC)[C@@H](N)C5)cc(OC)c4n3C)cc3ccc1nc32. The van der Waals surface area contributed by atoms with Crippen LogP contribution in [0.15, 0.2) is 30.3 Å². The van der Waals surface area contributed by atoms with Crippen molar-refractivity contribution in [1.82, 2.24) is 29.3 Å². The van der Waals surface area contributed by atoms with Crippen molar-refractivity contribution in [3.63, 3.8) is 0 Å². The van der Waals surface area contributed by atoms with Crippen molar-refractivity contribution in [2.45, 2.75) is 90.4 Å². The molecule has 47 heavy (non-hydrogen) atoms. The molecule has 1 aromatic carbocycles. The standard InChI is InChI=1S/C36H49N7O4/c1-7-25-26-13-12-22-19-28(43(32(22)38-26)16-11-9-8-10-15-36(2,3)35(45)40-25)33-39-27-18-23(20-30(47-6)31(27)41(33)4)34(44)42-17-14-29(46-5)24(37)21-42/h12-13,18-20,24-25,29H,7-11,14-17,21,37H2,1-6H3,(H,40,45)/t24-,25?,29+/m0/s1. The molecule has 3 atom stereocenters. The van der Waals surface area contributed by atoms with Crippen LogP contribution in [-0.4, -0.2) is 75.3 Å². The Labute approximate surface area is 276 Å². The first kappa shape index (κ1) is 33.0. The van der Waals surface area contributed by atoms with Gasteiger partial charge in [-0.3, -0.25) is 9.59 Å². The van der Waals surface area contributed by atoms with Crippen LogP contribution in [-0.2, 0) is 23.1 Å². The van der Waals surface area contributed by atoms with E-state index in [-0.39, 0.29) is 30.0 Å². The van der Waals surface area contributed by atoms with Gasteiger partial charge in [0.2, 0.25) is 5.91 Å². The summed E-state index contributed by atoms with van der Waals surface area (Å²) in [4.78, 5) is 39.1. The summed E-state index contributed by atoms with van der Waals surface area (Å²) in [6.07, 6.45) is 6.36. The Kier molecular flexibility index (Phi) is 9.31. The summed E-state index contributed by atoms with van der Waals surface area (Å²) >= 11 is 0. The van der Waals surface area contributed by atoms with E-state index in [0.717, 1.165) is 78.8 Å². The molecule has 11 heteroatoms. The minimum Gasteiger partial charge on any atom is -0.494 e. The summed E-state index contributed by atoms with van der Waals surface area (Å²) < 4.78 is 15.6. The van der Waals surface area contributed by atoms with Gasteiger partial charge in [0.15, 0.2) is 5.82 Å². The fourth-order valence-electron chi connectivity index (χ4n) is 7.23. The summed E-state index contributed by atoms with van der Waals surface area (Å²) in [7, 11) is 5.27. The highest BCUT2D eigenvalue weighted by atomic mass is 16.5. The lowest BCUT2D eigenvalue weighted by atomic mass is 9.85. The Hall–Kier alpha value is -3.96. The van der Waals surface area contributed by atoms with Crippen LogP contribution in [0, 0.1) is 5.41 Å². The molecule has 0 saturated carbocycles. The Morgan fingerprint density at radius 3 is 2.60 bits per heavy atom. The van der Waals surface area contributed by atoms with Gasteiger partial charge in [-0.25, -0.2) is 9.97 Å². The molecule has 252 valence electrons.